The average molecular weight is 616 g/mol. The lowest BCUT2D eigenvalue weighted by Gasteiger charge is -2.42. The molecule has 0 bridgehead atoms. The predicted octanol–water partition coefficient (Wildman–Crippen LogP) is 5.71. The molecule has 2 aromatic heterocycles. The van der Waals surface area contributed by atoms with Crippen LogP contribution >= 0.6 is 22.9 Å². The number of amides is 2. The van der Waals surface area contributed by atoms with Crippen molar-refractivity contribution in [3.05, 3.63) is 39.4 Å². The van der Waals surface area contributed by atoms with Gasteiger partial charge in [-0.25, -0.2) is 14.6 Å². The lowest BCUT2D eigenvalue weighted by atomic mass is 10.0. The molecule has 1 unspecified atom stereocenters. The molecule has 0 radical (unpaired) electrons. The van der Waals surface area contributed by atoms with Gasteiger partial charge in [-0.05, 0) is 52.3 Å². The maximum absolute atomic E-state index is 13.9. The van der Waals surface area contributed by atoms with Gasteiger partial charge < -0.3 is 19.3 Å². The SMILES string of the molecule is CCOC(=O)c1cc(C#N)c(N2CCN(C(=O)Nc3ccc(Cl)s3)C(CCC(=O)OC(C)(C)C)C2)nc1C(F)(F)F. The number of nitrogens with zero attached hydrogens (tertiary/aromatic N) is 4. The number of piperazine rings is 1. The Morgan fingerprint density at radius 2 is 1.95 bits per heavy atom. The smallest absolute Gasteiger partial charge is 0.434 e. The number of ether oxygens (including phenoxy) is 2. The molecule has 41 heavy (non-hydrogen) atoms. The number of aromatic nitrogens is 1. The predicted molar refractivity (Wildman–Crippen MR) is 146 cm³/mol. The number of carbonyl (C=O) groups is 3. The molecule has 10 nitrogen and oxygen atoms in total. The Labute approximate surface area is 244 Å². The Hall–Kier alpha value is -3.57. The van der Waals surface area contributed by atoms with Crippen LogP contribution < -0.4 is 10.2 Å². The fourth-order valence-electron chi connectivity index (χ4n) is 4.21. The second-order valence-electron chi connectivity index (χ2n) is 10.0. The largest absolute Gasteiger partial charge is 0.462 e. The van der Waals surface area contributed by atoms with E-state index in [2.05, 4.69) is 10.3 Å². The molecule has 1 aliphatic rings. The zero-order valence-corrected chi connectivity index (χ0v) is 24.4. The molecule has 0 saturated carbocycles. The molecule has 0 aliphatic carbocycles. The van der Waals surface area contributed by atoms with Crippen LogP contribution in [0.2, 0.25) is 4.34 Å². The van der Waals surface area contributed by atoms with E-state index in [9.17, 15) is 32.8 Å². The van der Waals surface area contributed by atoms with Crippen LogP contribution in [0, 0.1) is 11.3 Å². The van der Waals surface area contributed by atoms with Crippen molar-refractivity contribution < 1.29 is 37.0 Å². The monoisotopic (exact) mass is 615 g/mol. The van der Waals surface area contributed by atoms with Crippen LogP contribution in [0.25, 0.3) is 0 Å². The third-order valence-corrected chi connectivity index (χ3v) is 6.98. The third-order valence-electron chi connectivity index (χ3n) is 5.83. The van der Waals surface area contributed by atoms with Crippen LogP contribution in [0.1, 0.15) is 62.2 Å². The van der Waals surface area contributed by atoms with E-state index in [4.69, 9.17) is 21.1 Å². The summed E-state index contributed by atoms with van der Waals surface area (Å²) < 4.78 is 52.4. The summed E-state index contributed by atoms with van der Waals surface area (Å²) in [5.41, 5.74) is -3.34. The molecule has 2 amide bonds. The Kier molecular flexibility index (Phi) is 10.1. The van der Waals surface area contributed by atoms with Crippen LogP contribution in [0.3, 0.4) is 0 Å². The number of hydrogen-bond acceptors (Lipinski definition) is 9. The van der Waals surface area contributed by atoms with Crippen molar-refractivity contribution in [1.29, 1.82) is 5.26 Å². The maximum Gasteiger partial charge on any atom is 0.434 e. The second-order valence-corrected chi connectivity index (χ2v) is 11.8. The summed E-state index contributed by atoms with van der Waals surface area (Å²) in [5, 5.41) is 13.0. The van der Waals surface area contributed by atoms with Gasteiger partial charge in [0.15, 0.2) is 5.69 Å². The highest BCUT2D eigenvalue weighted by Gasteiger charge is 2.40. The van der Waals surface area contributed by atoms with Crippen molar-refractivity contribution in [3.63, 3.8) is 0 Å². The highest BCUT2D eigenvalue weighted by atomic mass is 35.5. The molecule has 0 aromatic carbocycles. The van der Waals surface area contributed by atoms with E-state index >= 15 is 0 Å². The molecule has 1 aliphatic heterocycles. The summed E-state index contributed by atoms with van der Waals surface area (Å²) in [6, 6.07) is 4.72. The van der Waals surface area contributed by atoms with E-state index in [1.807, 2.05) is 6.07 Å². The quantitative estimate of drug-likeness (QED) is 0.393. The Morgan fingerprint density at radius 1 is 1.24 bits per heavy atom. The Balaban J connectivity index is 1.94. The number of halogens is 4. The molecule has 3 heterocycles. The minimum absolute atomic E-state index is 0.0271. The molecule has 1 saturated heterocycles. The topological polar surface area (TPSA) is 125 Å². The average Bonchev–Trinajstić information content (AvgIpc) is 3.29. The number of urea groups is 1. The number of hydrogen-bond donors (Lipinski definition) is 1. The van der Waals surface area contributed by atoms with Gasteiger partial charge in [0.25, 0.3) is 0 Å². The summed E-state index contributed by atoms with van der Waals surface area (Å²) in [6.07, 6.45) is -4.96. The first kappa shape index (κ1) is 32.0. The maximum atomic E-state index is 13.9. The Morgan fingerprint density at radius 3 is 2.51 bits per heavy atom. The van der Waals surface area contributed by atoms with Gasteiger partial charge in [0.2, 0.25) is 0 Å². The number of carbonyl (C=O) groups excluding carboxylic acids is 3. The molecule has 1 atom stereocenters. The molecule has 15 heteroatoms. The van der Waals surface area contributed by atoms with Crippen molar-refractivity contribution in [2.75, 3.05) is 36.5 Å². The third kappa shape index (κ3) is 8.46. The number of esters is 2. The summed E-state index contributed by atoms with van der Waals surface area (Å²) >= 11 is 7.11. The number of rotatable bonds is 7. The molecule has 1 N–H and O–H groups in total. The zero-order chi connectivity index (χ0) is 30.5. The first-order valence-electron chi connectivity index (χ1n) is 12.6. The van der Waals surface area contributed by atoms with E-state index in [-0.39, 0.29) is 50.5 Å². The lowest BCUT2D eigenvalue weighted by Crippen LogP contribution is -2.56. The molecule has 222 valence electrons. The van der Waals surface area contributed by atoms with Gasteiger partial charge in [0.05, 0.1) is 33.1 Å². The summed E-state index contributed by atoms with van der Waals surface area (Å²) in [7, 11) is 0. The first-order chi connectivity index (χ1) is 19.1. The number of pyridine rings is 1. The number of thiophene rings is 1. The van der Waals surface area contributed by atoms with Crippen LogP contribution in [-0.2, 0) is 20.4 Å². The van der Waals surface area contributed by atoms with Gasteiger partial charge in [0.1, 0.15) is 17.5 Å². The molecule has 2 aromatic rings. The minimum atomic E-state index is -5.01. The van der Waals surface area contributed by atoms with E-state index in [0.717, 1.165) is 17.4 Å². The lowest BCUT2D eigenvalue weighted by molar-refractivity contribution is -0.155. The molecular weight excluding hydrogens is 587 g/mol. The van der Waals surface area contributed by atoms with E-state index in [1.54, 1.807) is 32.9 Å². The van der Waals surface area contributed by atoms with Crippen molar-refractivity contribution in [2.45, 2.75) is 58.4 Å². The van der Waals surface area contributed by atoms with Gasteiger partial charge in [-0.1, -0.05) is 11.6 Å². The van der Waals surface area contributed by atoms with Gasteiger partial charge in [0, 0.05) is 26.1 Å². The Bertz CT molecular complexity index is 1340. The molecule has 3 rings (SSSR count). The minimum Gasteiger partial charge on any atom is -0.462 e. The molecular formula is C26H29ClF3N5O5S. The summed E-state index contributed by atoms with van der Waals surface area (Å²) in [5.74, 6) is -2.05. The van der Waals surface area contributed by atoms with Crippen LogP contribution in [0.4, 0.5) is 28.8 Å². The summed E-state index contributed by atoms with van der Waals surface area (Å²) in [6.45, 7) is 6.44. The number of nitriles is 1. The van der Waals surface area contributed by atoms with E-state index < -0.39 is 47.0 Å². The van der Waals surface area contributed by atoms with Gasteiger partial charge >= 0.3 is 24.1 Å². The van der Waals surface area contributed by atoms with Crippen molar-refractivity contribution >= 4 is 51.7 Å². The van der Waals surface area contributed by atoms with Crippen molar-refractivity contribution in [1.82, 2.24) is 9.88 Å². The normalized spacial score (nSPS) is 15.7. The number of anilines is 2. The summed E-state index contributed by atoms with van der Waals surface area (Å²) in [4.78, 5) is 44.5. The standard InChI is InChI=1S/C26H29ClF3N5O5S/c1-5-39-23(37)17-12-15(13-31)22(33-21(17)26(28,29)30)34-10-11-35(24(38)32-19-8-7-18(27)41-19)16(14-34)6-9-20(36)40-25(2,3)4/h7-8,12,16H,5-6,9-11,14H2,1-4H3,(H,32,38). The van der Waals surface area contributed by atoms with Gasteiger partial charge in [-0.3, -0.25) is 10.1 Å². The second kappa shape index (κ2) is 12.9. The van der Waals surface area contributed by atoms with E-state index in [1.165, 1.54) is 16.7 Å². The highest BCUT2D eigenvalue weighted by Crippen LogP contribution is 2.35. The zero-order valence-electron chi connectivity index (χ0n) is 22.8. The van der Waals surface area contributed by atoms with E-state index in [0.29, 0.717) is 9.34 Å². The number of nitrogens with one attached hydrogen (secondary N) is 1. The van der Waals surface area contributed by atoms with Crippen molar-refractivity contribution in [2.24, 2.45) is 0 Å². The fourth-order valence-corrected chi connectivity index (χ4v) is 5.14. The highest BCUT2D eigenvalue weighted by molar-refractivity contribution is 7.20. The molecule has 1 fully saturated rings. The number of alkyl halides is 3. The van der Waals surface area contributed by atoms with Gasteiger partial charge in [-0.15, -0.1) is 11.3 Å². The van der Waals surface area contributed by atoms with Crippen molar-refractivity contribution in [3.8, 4) is 6.07 Å². The molecule has 0 spiro atoms. The van der Waals surface area contributed by atoms with Gasteiger partial charge in [-0.2, -0.15) is 18.4 Å². The first-order valence-corrected chi connectivity index (χ1v) is 13.8. The van der Waals surface area contributed by atoms with Crippen LogP contribution in [0.15, 0.2) is 18.2 Å². The van der Waals surface area contributed by atoms with Crippen LogP contribution in [0.5, 0.6) is 0 Å². The fraction of sp³-hybridized carbons (Fsp3) is 0.500. The van der Waals surface area contributed by atoms with Crippen LogP contribution in [-0.4, -0.2) is 65.7 Å².